The molecule has 1 aromatic rings. The summed E-state index contributed by atoms with van der Waals surface area (Å²) in [6.45, 7) is 4.45. The highest BCUT2D eigenvalue weighted by molar-refractivity contribution is 5.49. The van der Waals surface area contributed by atoms with Gasteiger partial charge in [-0.2, -0.15) is 0 Å². The van der Waals surface area contributed by atoms with Crippen LogP contribution in [0.1, 0.15) is 13.8 Å². The molecule has 0 unspecified atom stereocenters. The number of halogens is 1. The molecule has 0 amide bonds. The summed E-state index contributed by atoms with van der Waals surface area (Å²) in [7, 11) is 1.44. The molecule has 3 N–H and O–H groups in total. The Hall–Kier alpha value is -1.29. The van der Waals surface area contributed by atoms with Crippen molar-refractivity contribution in [2.45, 2.75) is 19.4 Å². The van der Waals surface area contributed by atoms with Gasteiger partial charge in [-0.1, -0.05) is 0 Å². The minimum absolute atomic E-state index is 0.231. The van der Waals surface area contributed by atoms with Crippen molar-refractivity contribution < 1.29 is 9.13 Å². The van der Waals surface area contributed by atoms with Crippen LogP contribution in [0.15, 0.2) is 18.2 Å². The van der Waals surface area contributed by atoms with Crippen LogP contribution in [-0.2, 0) is 0 Å². The van der Waals surface area contributed by atoms with E-state index in [0.717, 1.165) is 5.69 Å². The van der Waals surface area contributed by atoms with Crippen molar-refractivity contribution in [3.8, 4) is 5.75 Å². The average molecular weight is 212 g/mol. The molecule has 0 bridgehead atoms. The smallest absolute Gasteiger partial charge is 0.165 e. The SMILES string of the molecule is COc1cc(NCC(C)(C)N)ccc1F. The van der Waals surface area contributed by atoms with Gasteiger partial charge in [0.15, 0.2) is 11.6 Å². The van der Waals surface area contributed by atoms with Gasteiger partial charge < -0.3 is 15.8 Å². The van der Waals surface area contributed by atoms with Gasteiger partial charge in [-0.05, 0) is 26.0 Å². The fourth-order valence-corrected chi connectivity index (χ4v) is 1.10. The zero-order valence-corrected chi connectivity index (χ0v) is 9.30. The molecule has 0 heterocycles. The summed E-state index contributed by atoms with van der Waals surface area (Å²) < 4.78 is 17.9. The van der Waals surface area contributed by atoms with Crippen LogP contribution >= 0.6 is 0 Å². The zero-order chi connectivity index (χ0) is 11.5. The van der Waals surface area contributed by atoms with E-state index < -0.39 is 0 Å². The molecule has 0 radical (unpaired) electrons. The quantitative estimate of drug-likeness (QED) is 0.802. The van der Waals surface area contributed by atoms with E-state index in [9.17, 15) is 4.39 Å². The lowest BCUT2D eigenvalue weighted by Crippen LogP contribution is -2.39. The fraction of sp³-hybridized carbons (Fsp3) is 0.455. The van der Waals surface area contributed by atoms with Crippen LogP contribution in [0.2, 0.25) is 0 Å². The van der Waals surface area contributed by atoms with Crippen molar-refractivity contribution in [3.05, 3.63) is 24.0 Å². The molecule has 0 aliphatic carbocycles. The van der Waals surface area contributed by atoms with Crippen LogP contribution in [0.3, 0.4) is 0 Å². The lowest BCUT2D eigenvalue weighted by Gasteiger charge is -2.20. The Morgan fingerprint density at radius 3 is 2.67 bits per heavy atom. The Balaban J connectivity index is 2.70. The van der Waals surface area contributed by atoms with Crippen molar-refractivity contribution in [1.82, 2.24) is 0 Å². The largest absolute Gasteiger partial charge is 0.494 e. The summed E-state index contributed by atoms with van der Waals surface area (Å²) in [6.07, 6.45) is 0. The summed E-state index contributed by atoms with van der Waals surface area (Å²) in [5.74, 6) is -0.134. The maximum absolute atomic E-state index is 13.1. The van der Waals surface area contributed by atoms with E-state index >= 15 is 0 Å². The summed E-state index contributed by atoms with van der Waals surface area (Å²) in [5.41, 5.74) is 6.31. The minimum atomic E-state index is -0.366. The molecule has 0 fully saturated rings. The summed E-state index contributed by atoms with van der Waals surface area (Å²) >= 11 is 0. The van der Waals surface area contributed by atoms with Crippen LogP contribution in [0.4, 0.5) is 10.1 Å². The predicted octanol–water partition coefficient (Wildman–Crippen LogP) is 1.98. The molecule has 0 aliphatic rings. The number of ether oxygens (including phenoxy) is 1. The lowest BCUT2D eigenvalue weighted by molar-refractivity contribution is 0.386. The van der Waals surface area contributed by atoms with Crippen molar-refractivity contribution >= 4 is 5.69 Å². The predicted molar refractivity (Wildman–Crippen MR) is 59.7 cm³/mol. The Morgan fingerprint density at radius 1 is 1.47 bits per heavy atom. The average Bonchev–Trinajstić information content (AvgIpc) is 2.15. The lowest BCUT2D eigenvalue weighted by atomic mass is 10.1. The normalized spacial score (nSPS) is 11.3. The third-order valence-corrected chi connectivity index (χ3v) is 1.90. The fourth-order valence-electron chi connectivity index (χ4n) is 1.10. The number of nitrogens with two attached hydrogens (primary N) is 1. The number of rotatable bonds is 4. The first-order valence-corrected chi connectivity index (χ1v) is 4.79. The monoisotopic (exact) mass is 212 g/mol. The van der Waals surface area contributed by atoms with E-state index in [1.165, 1.54) is 13.2 Å². The van der Waals surface area contributed by atoms with E-state index in [1.54, 1.807) is 12.1 Å². The van der Waals surface area contributed by atoms with Gasteiger partial charge in [0.25, 0.3) is 0 Å². The van der Waals surface area contributed by atoms with Crippen LogP contribution in [-0.4, -0.2) is 19.2 Å². The molecular formula is C11H17FN2O. The van der Waals surface area contributed by atoms with Crippen LogP contribution < -0.4 is 15.8 Å². The van der Waals surface area contributed by atoms with Gasteiger partial charge in [0.1, 0.15) is 0 Å². The molecule has 0 aliphatic heterocycles. The molecule has 0 saturated heterocycles. The van der Waals surface area contributed by atoms with Gasteiger partial charge in [0.05, 0.1) is 7.11 Å². The Labute approximate surface area is 89.4 Å². The highest BCUT2D eigenvalue weighted by Crippen LogP contribution is 2.21. The van der Waals surface area contributed by atoms with Crippen LogP contribution in [0.5, 0.6) is 5.75 Å². The third kappa shape index (κ3) is 3.75. The third-order valence-electron chi connectivity index (χ3n) is 1.90. The summed E-state index contributed by atoms with van der Waals surface area (Å²) in [6, 6.07) is 4.63. The second kappa shape index (κ2) is 4.49. The highest BCUT2D eigenvalue weighted by atomic mass is 19.1. The van der Waals surface area contributed by atoms with E-state index in [0.29, 0.717) is 6.54 Å². The minimum Gasteiger partial charge on any atom is -0.494 e. The van der Waals surface area contributed by atoms with Crippen molar-refractivity contribution in [2.75, 3.05) is 19.0 Å². The second-order valence-corrected chi connectivity index (χ2v) is 4.19. The molecule has 4 heteroatoms. The van der Waals surface area contributed by atoms with Gasteiger partial charge in [0, 0.05) is 23.8 Å². The van der Waals surface area contributed by atoms with E-state index in [1.807, 2.05) is 13.8 Å². The Bertz CT molecular complexity index is 334. The Kier molecular flexibility index (Phi) is 3.52. The number of anilines is 1. The molecule has 15 heavy (non-hydrogen) atoms. The molecule has 0 saturated carbocycles. The van der Waals surface area contributed by atoms with Gasteiger partial charge in [-0.25, -0.2) is 4.39 Å². The molecule has 3 nitrogen and oxygen atoms in total. The molecule has 1 rings (SSSR count). The van der Waals surface area contributed by atoms with Crippen LogP contribution in [0.25, 0.3) is 0 Å². The molecule has 84 valence electrons. The van der Waals surface area contributed by atoms with Crippen molar-refractivity contribution in [2.24, 2.45) is 5.73 Å². The van der Waals surface area contributed by atoms with Gasteiger partial charge in [0.2, 0.25) is 0 Å². The summed E-state index contributed by atoms with van der Waals surface area (Å²) in [4.78, 5) is 0. The maximum Gasteiger partial charge on any atom is 0.165 e. The molecule has 0 spiro atoms. The van der Waals surface area contributed by atoms with Gasteiger partial charge in [-0.15, -0.1) is 0 Å². The number of methoxy groups -OCH3 is 1. The summed E-state index contributed by atoms with van der Waals surface area (Å²) in [5, 5.41) is 3.11. The van der Waals surface area contributed by atoms with E-state index in [2.05, 4.69) is 5.32 Å². The molecule has 0 aromatic heterocycles. The first-order valence-electron chi connectivity index (χ1n) is 4.79. The van der Waals surface area contributed by atoms with E-state index in [-0.39, 0.29) is 17.1 Å². The molecular weight excluding hydrogens is 195 g/mol. The van der Waals surface area contributed by atoms with Crippen molar-refractivity contribution in [1.29, 1.82) is 0 Å². The molecule has 1 aromatic carbocycles. The maximum atomic E-state index is 13.1. The first-order chi connectivity index (χ1) is 6.92. The number of hydrogen-bond donors (Lipinski definition) is 2. The second-order valence-electron chi connectivity index (χ2n) is 4.19. The topological polar surface area (TPSA) is 47.3 Å². The standard InChI is InChI=1S/C11H17FN2O/c1-11(2,13)7-14-8-4-5-9(12)10(6-8)15-3/h4-6,14H,7,13H2,1-3H3. The number of nitrogens with one attached hydrogen (secondary N) is 1. The van der Waals surface area contributed by atoms with Crippen molar-refractivity contribution in [3.63, 3.8) is 0 Å². The van der Waals surface area contributed by atoms with Gasteiger partial charge in [-0.3, -0.25) is 0 Å². The first kappa shape index (κ1) is 11.8. The number of hydrogen-bond acceptors (Lipinski definition) is 3. The van der Waals surface area contributed by atoms with Gasteiger partial charge >= 0.3 is 0 Å². The zero-order valence-electron chi connectivity index (χ0n) is 9.30. The number of benzene rings is 1. The van der Waals surface area contributed by atoms with E-state index in [4.69, 9.17) is 10.5 Å². The van der Waals surface area contributed by atoms with Crippen LogP contribution in [0, 0.1) is 5.82 Å². The molecule has 0 atom stereocenters. The Morgan fingerprint density at radius 2 is 2.13 bits per heavy atom. The highest BCUT2D eigenvalue weighted by Gasteiger charge is 2.10.